The number of aliphatic carboxylic acids is 1. The molecule has 0 bridgehead atoms. The summed E-state index contributed by atoms with van der Waals surface area (Å²) in [5.41, 5.74) is 2.23. The second-order valence-electron chi connectivity index (χ2n) is 15.0. The molecule has 0 spiro atoms. The molecule has 4 aliphatic rings. The number of H-pyrrole nitrogens is 1. The Hall–Kier alpha value is -2.38. The smallest absolute Gasteiger partial charge is 0.326 e. The molecule has 6 rings (SSSR count). The third kappa shape index (κ3) is 5.08. The van der Waals surface area contributed by atoms with Crippen molar-refractivity contribution in [3.8, 4) is 0 Å². The largest absolute Gasteiger partial charge is 0.480 e. The molecule has 1 heterocycles. The van der Waals surface area contributed by atoms with Crippen LogP contribution in [-0.4, -0.2) is 50.4 Å². The standard InChI is InChI=1S/C35H50N2O5/c1-20(8-11-31(40)37-29(33(41)42)16-21-19-36-28-7-5-4-6-24(21)28)25-9-10-26-32-27(13-15-35(25,26)3)34(2)14-12-23(38)17-22(34)18-30(32)39/h4-7,19-20,22-23,25-27,29-30,32,36,38-39H,8-18H2,1-3H3,(H,37,40)(H,41,42)/t20?,22-,23+,25+,26-,27-,29?,30+,32-,34-,35+/m0/s1. The van der Waals surface area contributed by atoms with E-state index in [2.05, 4.69) is 31.1 Å². The summed E-state index contributed by atoms with van der Waals surface area (Å²) >= 11 is 0. The van der Waals surface area contributed by atoms with Crippen LogP contribution >= 0.6 is 0 Å². The summed E-state index contributed by atoms with van der Waals surface area (Å²) < 4.78 is 0. The minimum absolute atomic E-state index is 0.161. The van der Waals surface area contributed by atoms with Crippen molar-refractivity contribution in [2.75, 3.05) is 0 Å². The SMILES string of the molecule is CC(CCC(=O)NC(Cc1c[nH]c2ccccc12)C(=O)O)[C@H]1CC[C@H]2[C@@H]3[C@H](O)C[C@@H]4C[C@H](O)CC[C@]4(C)[C@H]3CC[C@]12C. The van der Waals surface area contributed by atoms with Gasteiger partial charge in [-0.25, -0.2) is 4.79 Å². The molecule has 4 saturated carbocycles. The number of carbonyl (C=O) groups is 2. The van der Waals surface area contributed by atoms with Gasteiger partial charge in [0.25, 0.3) is 0 Å². The summed E-state index contributed by atoms with van der Waals surface area (Å²) in [7, 11) is 0. The van der Waals surface area contributed by atoms with Gasteiger partial charge in [0.15, 0.2) is 0 Å². The maximum Gasteiger partial charge on any atom is 0.326 e. The van der Waals surface area contributed by atoms with Gasteiger partial charge in [-0.15, -0.1) is 0 Å². The Kier molecular flexibility index (Phi) is 7.97. The quantitative estimate of drug-likeness (QED) is 0.276. The molecule has 1 aromatic heterocycles. The lowest BCUT2D eigenvalue weighted by atomic mass is 9.43. The summed E-state index contributed by atoms with van der Waals surface area (Å²) in [5.74, 6) is 1.43. The Bertz CT molecular complexity index is 1310. The van der Waals surface area contributed by atoms with Crippen molar-refractivity contribution in [2.24, 2.45) is 46.3 Å². The van der Waals surface area contributed by atoms with Gasteiger partial charge in [-0.1, -0.05) is 39.0 Å². The van der Waals surface area contributed by atoms with Gasteiger partial charge in [0, 0.05) is 29.9 Å². The number of aliphatic hydroxyl groups excluding tert-OH is 2. The predicted molar refractivity (Wildman–Crippen MR) is 163 cm³/mol. The first kappa shape index (κ1) is 29.7. The Morgan fingerprint density at radius 3 is 2.55 bits per heavy atom. The van der Waals surface area contributed by atoms with Gasteiger partial charge in [0.1, 0.15) is 6.04 Å². The fourth-order valence-corrected chi connectivity index (χ4v) is 10.7. The van der Waals surface area contributed by atoms with Crippen molar-refractivity contribution in [1.29, 1.82) is 0 Å². The molecule has 0 aliphatic heterocycles. The number of aromatic nitrogens is 1. The van der Waals surface area contributed by atoms with Crippen molar-refractivity contribution in [3.05, 3.63) is 36.0 Å². The third-order valence-corrected chi connectivity index (χ3v) is 13.0. The van der Waals surface area contributed by atoms with Gasteiger partial charge < -0.3 is 25.6 Å². The first-order chi connectivity index (χ1) is 20.0. The molecule has 5 N–H and O–H groups in total. The number of hydrogen-bond acceptors (Lipinski definition) is 4. The van der Waals surface area contributed by atoms with Crippen molar-refractivity contribution in [1.82, 2.24) is 10.3 Å². The molecule has 1 aromatic carbocycles. The van der Waals surface area contributed by atoms with E-state index in [0.29, 0.717) is 41.9 Å². The van der Waals surface area contributed by atoms with Crippen LogP contribution in [0.2, 0.25) is 0 Å². The first-order valence-electron chi connectivity index (χ1n) is 16.4. The first-order valence-corrected chi connectivity index (χ1v) is 16.4. The highest BCUT2D eigenvalue weighted by atomic mass is 16.4. The number of carbonyl (C=O) groups excluding carboxylic acids is 1. The van der Waals surface area contributed by atoms with E-state index in [1.807, 2.05) is 30.5 Å². The van der Waals surface area contributed by atoms with E-state index < -0.39 is 12.0 Å². The van der Waals surface area contributed by atoms with Gasteiger partial charge >= 0.3 is 5.97 Å². The molecular weight excluding hydrogens is 528 g/mol. The van der Waals surface area contributed by atoms with E-state index in [4.69, 9.17) is 0 Å². The van der Waals surface area contributed by atoms with Crippen LogP contribution in [0.25, 0.3) is 10.9 Å². The van der Waals surface area contributed by atoms with Crippen LogP contribution in [-0.2, 0) is 16.0 Å². The van der Waals surface area contributed by atoms with Crippen LogP contribution in [0.15, 0.2) is 30.5 Å². The van der Waals surface area contributed by atoms with Gasteiger partial charge in [0.05, 0.1) is 12.2 Å². The molecule has 0 saturated heterocycles. The molecular formula is C35H50N2O5. The molecule has 230 valence electrons. The number of aromatic amines is 1. The number of nitrogens with one attached hydrogen (secondary N) is 2. The molecule has 7 heteroatoms. The average molecular weight is 579 g/mol. The summed E-state index contributed by atoms with van der Waals surface area (Å²) in [6.07, 6.45) is 10.9. The average Bonchev–Trinajstić information content (AvgIpc) is 3.53. The Labute approximate surface area is 249 Å². The third-order valence-electron chi connectivity index (χ3n) is 13.0. The van der Waals surface area contributed by atoms with E-state index in [1.54, 1.807) is 0 Å². The van der Waals surface area contributed by atoms with Crippen LogP contribution in [0.5, 0.6) is 0 Å². The number of hydrogen-bond donors (Lipinski definition) is 5. The fourth-order valence-electron chi connectivity index (χ4n) is 10.7. The van der Waals surface area contributed by atoms with Crippen molar-refractivity contribution in [2.45, 2.75) is 110 Å². The van der Waals surface area contributed by atoms with E-state index in [1.165, 1.54) is 6.42 Å². The number of carboxylic acid groups (broad SMARTS) is 1. The summed E-state index contributed by atoms with van der Waals surface area (Å²) in [6, 6.07) is 6.84. The Morgan fingerprint density at radius 1 is 1.02 bits per heavy atom. The van der Waals surface area contributed by atoms with E-state index >= 15 is 0 Å². The number of carboxylic acids is 1. The highest BCUT2D eigenvalue weighted by Gasteiger charge is 2.62. The summed E-state index contributed by atoms with van der Waals surface area (Å²) in [6.45, 7) is 7.18. The van der Waals surface area contributed by atoms with E-state index in [-0.39, 0.29) is 35.4 Å². The second-order valence-corrected chi connectivity index (χ2v) is 15.0. The topological polar surface area (TPSA) is 123 Å². The van der Waals surface area contributed by atoms with Crippen molar-refractivity contribution < 1.29 is 24.9 Å². The number of para-hydroxylation sites is 1. The van der Waals surface area contributed by atoms with E-state index in [9.17, 15) is 24.9 Å². The second kappa shape index (κ2) is 11.3. The zero-order chi connectivity index (χ0) is 29.8. The molecule has 7 nitrogen and oxygen atoms in total. The normalized spacial score (nSPS) is 39.1. The Balaban J connectivity index is 1.08. The number of benzene rings is 1. The Morgan fingerprint density at radius 2 is 1.76 bits per heavy atom. The highest BCUT2D eigenvalue weighted by molar-refractivity contribution is 5.86. The number of amides is 1. The molecule has 1 amide bonds. The minimum Gasteiger partial charge on any atom is -0.480 e. The van der Waals surface area contributed by atoms with Gasteiger partial charge in [-0.3, -0.25) is 4.79 Å². The van der Waals surface area contributed by atoms with Crippen molar-refractivity contribution in [3.63, 3.8) is 0 Å². The minimum atomic E-state index is -1.01. The van der Waals surface area contributed by atoms with Gasteiger partial charge in [0.2, 0.25) is 5.91 Å². The number of aliphatic hydroxyl groups is 2. The lowest BCUT2D eigenvalue weighted by molar-refractivity contribution is -0.174. The van der Waals surface area contributed by atoms with Gasteiger partial charge in [-0.05, 0) is 116 Å². The van der Waals surface area contributed by atoms with Crippen LogP contribution in [0.1, 0.15) is 90.5 Å². The number of rotatable bonds is 8. The maximum absolute atomic E-state index is 13.0. The molecule has 4 aliphatic carbocycles. The maximum atomic E-state index is 13.0. The van der Waals surface area contributed by atoms with Crippen LogP contribution < -0.4 is 5.32 Å². The molecule has 4 fully saturated rings. The zero-order valence-corrected chi connectivity index (χ0v) is 25.5. The monoisotopic (exact) mass is 578 g/mol. The molecule has 2 aromatic rings. The van der Waals surface area contributed by atoms with Crippen LogP contribution in [0.3, 0.4) is 0 Å². The van der Waals surface area contributed by atoms with Crippen molar-refractivity contribution >= 4 is 22.8 Å². The lowest BCUT2D eigenvalue weighted by Crippen LogP contribution is -2.58. The van der Waals surface area contributed by atoms with Crippen LogP contribution in [0.4, 0.5) is 0 Å². The highest BCUT2D eigenvalue weighted by Crippen LogP contribution is 2.68. The molecule has 2 unspecified atom stereocenters. The van der Waals surface area contributed by atoms with E-state index in [0.717, 1.165) is 67.8 Å². The van der Waals surface area contributed by atoms with Crippen LogP contribution in [0, 0.1) is 46.3 Å². The molecule has 0 radical (unpaired) electrons. The molecule has 42 heavy (non-hydrogen) atoms. The lowest BCUT2D eigenvalue weighted by Gasteiger charge is -2.62. The summed E-state index contributed by atoms with van der Waals surface area (Å²) in [5, 5.41) is 35.5. The summed E-state index contributed by atoms with van der Waals surface area (Å²) in [4.78, 5) is 28.3. The van der Waals surface area contributed by atoms with Gasteiger partial charge in [-0.2, -0.15) is 0 Å². The molecule has 11 atom stereocenters. The zero-order valence-electron chi connectivity index (χ0n) is 25.5. The number of fused-ring (bicyclic) bond motifs is 6. The fraction of sp³-hybridized carbons (Fsp3) is 0.714. The predicted octanol–water partition coefficient (Wildman–Crippen LogP) is 5.69.